The largest absolute Gasteiger partial charge is 0.463 e. The van der Waals surface area contributed by atoms with Crippen molar-refractivity contribution in [3.05, 3.63) is 42.5 Å². The molecule has 0 aromatic heterocycles. The highest BCUT2D eigenvalue weighted by molar-refractivity contribution is 6.81. The lowest BCUT2D eigenvalue weighted by Crippen LogP contribution is -2.54. The summed E-state index contributed by atoms with van der Waals surface area (Å²) in [5.41, 5.74) is 0. The summed E-state index contributed by atoms with van der Waals surface area (Å²) in [5.74, 6) is -0.298. The van der Waals surface area contributed by atoms with Gasteiger partial charge < -0.3 is 13.6 Å². The van der Waals surface area contributed by atoms with Crippen molar-refractivity contribution in [2.45, 2.75) is 46.1 Å². The summed E-state index contributed by atoms with van der Waals surface area (Å²) in [6, 6.07) is 11.0. The van der Waals surface area contributed by atoms with Gasteiger partial charge in [0.2, 0.25) is 0 Å². The molecule has 0 bridgehead atoms. The van der Waals surface area contributed by atoms with Crippen molar-refractivity contribution in [1.82, 2.24) is 0 Å². The number of benzene rings is 1. The first-order valence-electron chi connectivity index (χ1n) is 8.81. The van der Waals surface area contributed by atoms with Gasteiger partial charge in [0.05, 0.1) is 6.61 Å². The molecule has 0 fully saturated rings. The van der Waals surface area contributed by atoms with Crippen molar-refractivity contribution in [3.63, 3.8) is 0 Å². The van der Waals surface area contributed by atoms with E-state index in [1.54, 1.807) is 13.0 Å². The smallest absolute Gasteiger partial charge is 0.372 e. The zero-order valence-corrected chi connectivity index (χ0v) is 16.1. The molecule has 0 saturated carbocycles. The molecule has 0 aliphatic carbocycles. The lowest BCUT2D eigenvalue weighted by atomic mass is 10.4. The highest BCUT2D eigenvalue weighted by Gasteiger charge is 2.39. The summed E-state index contributed by atoms with van der Waals surface area (Å²) < 4.78 is 17.8. The number of esters is 1. The van der Waals surface area contributed by atoms with Crippen LogP contribution in [0.25, 0.3) is 0 Å². The fourth-order valence-corrected chi connectivity index (χ4v) is 5.76. The summed E-state index contributed by atoms with van der Waals surface area (Å²) >= 11 is 0. The second-order valence-electron chi connectivity index (χ2n) is 5.59. The van der Waals surface area contributed by atoms with E-state index in [9.17, 15) is 4.79 Å². The van der Waals surface area contributed by atoms with E-state index in [1.165, 1.54) is 6.08 Å². The number of hydrogen-bond donors (Lipinski definition) is 0. The van der Waals surface area contributed by atoms with Crippen molar-refractivity contribution in [2.75, 3.05) is 19.8 Å². The van der Waals surface area contributed by atoms with Crippen LogP contribution in [0.3, 0.4) is 0 Å². The Hall–Kier alpha value is -1.43. The van der Waals surface area contributed by atoms with E-state index in [-0.39, 0.29) is 5.97 Å². The predicted octanol–water partition coefficient (Wildman–Crippen LogP) is 3.70. The quantitative estimate of drug-likeness (QED) is 0.250. The van der Waals surface area contributed by atoms with Crippen LogP contribution in [0.5, 0.6) is 0 Å². The van der Waals surface area contributed by atoms with Crippen molar-refractivity contribution in [1.29, 1.82) is 0 Å². The highest BCUT2D eigenvalue weighted by atomic mass is 28.4. The molecule has 24 heavy (non-hydrogen) atoms. The lowest BCUT2D eigenvalue weighted by Gasteiger charge is -2.31. The molecule has 134 valence electrons. The zero-order valence-electron chi connectivity index (χ0n) is 15.1. The second kappa shape index (κ2) is 12.0. The van der Waals surface area contributed by atoms with Crippen LogP contribution in [-0.4, -0.2) is 34.4 Å². The molecule has 1 rings (SSSR count). The van der Waals surface area contributed by atoms with Crippen molar-refractivity contribution >= 4 is 19.7 Å². The third-order valence-electron chi connectivity index (χ3n) is 3.49. The van der Waals surface area contributed by atoms with Crippen LogP contribution in [0.4, 0.5) is 0 Å². The molecule has 0 radical (unpaired) electrons. The van der Waals surface area contributed by atoms with Gasteiger partial charge in [-0.25, -0.2) is 4.79 Å². The Morgan fingerprint density at radius 2 is 1.67 bits per heavy atom. The van der Waals surface area contributed by atoms with Gasteiger partial charge in [0.1, 0.15) is 0 Å². The van der Waals surface area contributed by atoms with Gasteiger partial charge in [-0.1, -0.05) is 50.3 Å². The maximum atomic E-state index is 11.4. The van der Waals surface area contributed by atoms with E-state index < -0.39 is 8.56 Å². The Balaban J connectivity index is 2.79. The summed E-state index contributed by atoms with van der Waals surface area (Å²) in [6.45, 7) is 7.75. The van der Waals surface area contributed by atoms with Crippen molar-refractivity contribution in [3.8, 4) is 0 Å². The first-order valence-corrected chi connectivity index (χ1v) is 10.8. The third kappa shape index (κ3) is 6.99. The average Bonchev–Trinajstić information content (AvgIpc) is 2.61. The molecular weight excluding hydrogens is 320 g/mol. The summed E-state index contributed by atoms with van der Waals surface area (Å²) in [4.78, 5) is 11.4. The maximum Gasteiger partial charge on any atom is 0.372 e. The van der Waals surface area contributed by atoms with Crippen LogP contribution >= 0.6 is 0 Å². The van der Waals surface area contributed by atoms with Crippen LogP contribution < -0.4 is 5.19 Å². The topological polar surface area (TPSA) is 44.8 Å². The van der Waals surface area contributed by atoms with Crippen molar-refractivity contribution in [2.24, 2.45) is 0 Å². The van der Waals surface area contributed by atoms with Crippen LogP contribution in [-0.2, 0) is 18.4 Å². The Kier molecular flexibility index (Phi) is 10.3. The fourth-order valence-electron chi connectivity index (χ4n) is 2.38. The van der Waals surface area contributed by atoms with Gasteiger partial charge in [0.15, 0.2) is 0 Å². The molecule has 0 spiro atoms. The maximum absolute atomic E-state index is 11.4. The average molecular weight is 351 g/mol. The molecule has 0 aliphatic rings. The molecule has 0 saturated heterocycles. The van der Waals surface area contributed by atoms with Gasteiger partial charge in [-0.3, -0.25) is 0 Å². The first-order chi connectivity index (χ1) is 11.7. The molecular formula is C19H30O4Si. The molecule has 1 aromatic rings. The number of carbonyl (C=O) groups excluding carboxylic acids is 1. The van der Waals surface area contributed by atoms with Gasteiger partial charge in [-0.15, -0.1) is 0 Å². The SMILES string of the molecule is CC=CC(=O)OCCC[Si](OCCC)(OCCC)c1ccccc1. The molecule has 4 nitrogen and oxygen atoms in total. The monoisotopic (exact) mass is 350 g/mol. The van der Waals surface area contributed by atoms with Crippen LogP contribution in [0.2, 0.25) is 6.04 Å². The van der Waals surface area contributed by atoms with Gasteiger partial charge >= 0.3 is 14.5 Å². The Bertz CT molecular complexity index is 479. The molecule has 0 atom stereocenters. The van der Waals surface area contributed by atoms with E-state index >= 15 is 0 Å². The standard InChI is InChI=1S/C19H30O4Si/c1-4-11-19(20)21-16-10-17-24(22-14-5-2,23-15-6-3)18-12-8-7-9-13-18/h4,7-9,11-13H,5-6,10,14-17H2,1-3H3. The second-order valence-corrected chi connectivity index (χ2v) is 8.75. The van der Waals surface area contributed by atoms with E-state index in [1.807, 2.05) is 18.2 Å². The molecule has 0 aliphatic heterocycles. The zero-order chi connectivity index (χ0) is 17.7. The summed E-state index contributed by atoms with van der Waals surface area (Å²) in [6.07, 6.45) is 5.75. The van der Waals surface area contributed by atoms with Crippen molar-refractivity contribution < 1.29 is 18.4 Å². The van der Waals surface area contributed by atoms with E-state index in [2.05, 4.69) is 26.0 Å². The highest BCUT2D eigenvalue weighted by Crippen LogP contribution is 2.18. The molecule has 0 N–H and O–H groups in total. The summed E-state index contributed by atoms with van der Waals surface area (Å²) in [7, 11) is -2.51. The van der Waals surface area contributed by atoms with Crippen LogP contribution in [0, 0.1) is 0 Å². The van der Waals surface area contributed by atoms with Crippen LogP contribution in [0.1, 0.15) is 40.0 Å². The van der Waals surface area contributed by atoms with E-state index in [0.717, 1.165) is 30.5 Å². The minimum absolute atomic E-state index is 0.298. The van der Waals surface area contributed by atoms with E-state index in [0.29, 0.717) is 19.8 Å². The number of ether oxygens (including phenoxy) is 1. The number of carbonyl (C=O) groups is 1. The Labute approximate surface area is 147 Å². The minimum Gasteiger partial charge on any atom is -0.463 e. The molecule has 0 unspecified atom stereocenters. The molecule has 5 heteroatoms. The van der Waals surface area contributed by atoms with E-state index in [4.69, 9.17) is 13.6 Å². The van der Waals surface area contributed by atoms with Gasteiger partial charge in [-0.05, 0) is 37.4 Å². The van der Waals surface area contributed by atoms with Gasteiger partial charge in [0.25, 0.3) is 0 Å². The lowest BCUT2D eigenvalue weighted by molar-refractivity contribution is -0.137. The minimum atomic E-state index is -2.51. The van der Waals surface area contributed by atoms with Crippen LogP contribution in [0.15, 0.2) is 42.5 Å². The molecule has 0 amide bonds. The first kappa shape index (κ1) is 20.6. The predicted molar refractivity (Wildman–Crippen MR) is 99.5 cm³/mol. The molecule has 0 heterocycles. The Morgan fingerprint density at radius 3 is 2.21 bits per heavy atom. The molecule has 1 aromatic carbocycles. The summed E-state index contributed by atoms with van der Waals surface area (Å²) in [5, 5.41) is 1.15. The fraction of sp³-hybridized carbons (Fsp3) is 0.526. The number of rotatable bonds is 12. The Morgan fingerprint density at radius 1 is 1.04 bits per heavy atom. The number of allylic oxidation sites excluding steroid dienone is 1. The normalized spacial score (nSPS) is 11.8. The number of hydrogen-bond acceptors (Lipinski definition) is 4. The van der Waals surface area contributed by atoms with Gasteiger partial charge in [0, 0.05) is 19.3 Å². The third-order valence-corrected chi connectivity index (χ3v) is 7.06. The van der Waals surface area contributed by atoms with Gasteiger partial charge in [-0.2, -0.15) is 0 Å².